The Bertz CT molecular complexity index is 901. The van der Waals surface area contributed by atoms with Gasteiger partial charge in [-0.2, -0.15) is 13.2 Å². The second-order valence-electron chi connectivity index (χ2n) is 5.86. The highest BCUT2D eigenvalue weighted by molar-refractivity contribution is 7.92. The molecule has 146 valence electrons. The van der Waals surface area contributed by atoms with Crippen molar-refractivity contribution in [1.82, 2.24) is 4.98 Å². The molecular formula is C17H18F3N3O3S. The molecule has 0 aliphatic carbocycles. The van der Waals surface area contributed by atoms with E-state index in [1.54, 1.807) is 18.3 Å². The Morgan fingerprint density at radius 1 is 1.15 bits per heavy atom. The molecule has 0 saturated heterocycles. The van der Waals surface area contributed by atoms with Crippen LogP contribution in [0.15, 0.2) is 42.6 Å². The first-order valence-electron chi connectivity index (χ1n) is 7.93. The van der Waals surface area contributed by atoms with Crippen LogP contribution < -0.4 is 10.0 Å². The first-order chi connectivity index (χ1) is 12.5. The average molecular weight is 401 g/mol. The number of halogens is 3. The molecule has 0 aliphatic rings. The van der Waals surface area contributed by atoms with Crippen LogP contribution in [-0.4, -0.2) is 25.6 Å². The first kappa shape index (κ1) is 20.7. The van der Waals surface area contributed by atoms with Crippen molar-refractivity contribution in [3.63, 3.8) is 0 Å². The monoisotopic (exact) mass is 401 g/mol. The molecular weight excluding hydrogens is 383 g/mol. The number of anilines is 2. The fraction of sp³-hybridized carbons (Fsp3) is 0.294. The first-order valence-corrected chi connectivity index (χ1v) is 9.82. The largest absolute Gasteiger partial charge is 0.416 e. The minimum Gasteiger partial charge on any atom is -0.324 e. The van der Waals surface area contributed by atoms with Crippen molar-refractivity contribution in [2.45, 2.75) is 25.4 Å². The Kier molecular flexibility index (Phi) is 6.42. The predicted molar refractivity (Wildman–Crippen MR) is 95.7 cm³/mol. The van der Waals surface area contributed by atoms with Gasteiger partial charge in [-0.25, -0.2) is 8.42 Å². The van der Waals surface area contributed by atoms with Gasteiger partial charge >= 0.3 is 6.18 Å². The van der Waals surface area contributed by atoms with E-state index in [-0.39, 0.29) is 17.8 Å². The van der Waals surface area contributed by atoms with E-state index in [0.717, 1.165) is 24.1 Å². The summed E-state index contributed by atoms with van der Waals surface area (Å²) >= 11 is 0. The molecule has 1 heterocycles. The number of carbonyl (C=O) groups is 1. The molecule has 1 amide bonds. The highest BCUT2D eigenvalue weighted by Crippen LogP contribution is 2.34. The summed E-state index contributed by atoms with van der Waals surface area (Å²) in [5.74, 6) is -0.526. The number of amides is 1. The van der Waals surface area contributed by atoms with Gasteiger partial charge in [0.1, 0.15) is 0 Å². The summed E-state index contributed by atoms with van der Waals surface area (Å²) in [7, 11) is -3.73. The minimum atomic E-state index is -4.62. The number of aromatic nitrogens is 1. The maximum atomic E-state index is 12.9. The second kappa shape index (κ2) is 8.38. The van der Waals surface area contributed by atoms with Crippen LogP contribution in [0.5, 0.6) is 0 Å². The van der Waals surface area contributed by atoms with Gasteiger partial charge in [-0.3, -0.25) is 14.5 Å². The Morgan fingerprint density at radius 3 is 2.48 bits per heavy atom. The van der Waals surface area contributed by atoms with Crippen LogP contribution >= 0.6 is 0 Å². The Morgan fingerprint density at radius 2 is 1.89 bits per heavy atom. The number of alkyl halides is 3. The number of nitrogens with zero attached hydrogens (tertiary/aromatic N) is 1. The summed E-state index contributed by atoms with van der Waals surface area (Å²) in [6.45, 7) is 0. The molecule has 0 aliphatic heterocycles. The molecule has 27 heavy (non-hydrogen) atoms. The van der Waals surface area contributed by atoms with Crippen LogP contribution in [0.2, 0.25) is 0 Å². The highest BCUT2D eigenvalue weighted by atomic mass is 32.2. The third kappa shape index (κ3) is 6.89. The van der Waals surface area contributed by atoms with Crippen molar-refractivity contribution in [2.75, 3.05) is 16.3 Å². The summed E-state index contributed by atoms with van der Waals surface area (Å²) in [4.78, 5) is 16.2. The van der Waals surface area contributed by atoms with Crippen LogP contribution in [0, 0.1) is 0 Å². The molecule has 0 fully saturated rings. The third-order valence-corrected chi connectivity index (χ3v) is 4.07. The van der Waals surface area contributed by atoms with Crippen LogP contribution in [0.1, 0.15) is 24.1 Å². The third-order valence-electron chi connectivity index (χ3n) is 3.48. The van der Waals surface area contributed by atoms with Gasteiger partial charge < -0.3 is 5.32 Å². The maximum absolute atomic E-state index is 12.9. The lowest BCUT2D eigenvalue weighted by Crippen LogP contribution is -2.17. The fourth-order valence-corrected chi connectivity index (χ4v) is 2.88. The summed E-state index contributed by atoms with van der Waals surface area (Å²) in [5.41, 5.74) is -0.587. The molecule has 6 nitrogen and oxygen atoms in total. The van der Waals surface area contributed by atoms with Gasteiger partial charge in [0.15, 0.2) is 0 Å². The quantitative estimate of drug-likeness (QED) is 0.744. The summed E-state index contributed by atoms with van der Waals surface area (Å²) in [6, 6.07) is 7.79. The molecule has 2 aromatic rings. The van der Waals surface area contributed by atoms with Gasteiger partial charge in [-0.15, -0.1) is 0 Å². The van der Waals surface area contributed by atoms with Crippen molar-refractivity contribution < 1.29 is 26.4 Å². The van der Waals surface area contributed by atoms with E-state index in [4.69, 9.17) is 0 Å². The number of hydrogen-bond acceptors (Lipinski definition) is 4. The molecule has 0 bridgehead atoms. The van der Waals surface area contributed by atoms with Gasteiger partial charge in [-0.05, 0) is 43.2 Å². The standard InChI is InChI=1S/C17H18F3N3O3S/c1-27(25,26)23-14-9-8-12(17(18,19)20)11-15(14)22-16(24)7-4-6-13-5-2-3-10-21-13/h2-3,5,8-11,23H,4,6-7H2,1H3,(H,22,24). The van der Waals surface area contributed by atoms with E-state index in [1.807, 2.05) is 6.07 Å². The van der Waals surface area contributed by atoms with Crippen molar-refractivity contribution in [2.24, 2.45) is 0 Å². The molecule has 10 heteroatoms. The number of rotatable bonds is 7. The number of carbonyl (C=O) groups excluding carboxylic acids is 1. The van der Waals surface area contributed by atoms with E-state index in [9.17, 15) is 26.4 Å². The molecule has 2 rings (SSSR count). The molecule has 0 spiro atoms. The molecule has 0 unspecified atom stereocenters. The average Bonchev–Trinajstić information content (AvgIpc) is 2.55. The fourth-order valence-electron chi connectivity index (χ4n) is 2.30. The molecule has 0 radical (unpaired) electrons. The summed E-state index contributed by atoms with van der Waals surface area (Å²) in [6.07, 6.45) is -1.11. The number of benzene rings is 1. The van der Waals surface area contributed by atoms with Crippen molar-refractivity contribution in [1.29, 1.82) is 0 Å². The summed E-state index contributed by atoms with van der Waals surface area (Å²) in [5, 5.41) is 2.35. The molecule has 0 saturated carbocycles. The molecule has 1 aromatic heterocycles. The Labute approximate surface area is 154 Å². The lowest BCUT2D eigenvalue weighted by Gasteiger charge is -2.15. The maximum Gasteiger partial charge on any atom is 0.416 e. The van der Waals surface area contributed by atoms with Crippen molar-refractivity contribution >= 4 is 27.3 Å². The predicted octanol–water partition coefficient (Wildman–Crippen LogP) is 3.43. The molecule has 2 N–H and O–H groups in total. The molecule has 1 aromatic carbocycles. The van der Waals surface area contributed by atoms with E-state index >= 15 is 0 Å². The zero-order valence-corrected chi connectivity index (χ0v) is 15.2. The van der Waals surface area contributed by atoms with E-state index < -0.39 is 27.7 Å². The topological polar surface area (TPSA) is 88.2 Å². The van der Waals surface area contributed by atoms with Crippen LogP contribution in [0.25, 0.3) is 0 Å². The van der Waals surface area contributed by atoms with Crippen molar-refractivity contribution in [3.05, 3.63) is 53.9 Å². The minimum absolute atomic E-state index is 0.0468. The van der Waals surface area contributed by atoms with Gasteiger partial charge in [-0.1, -0.05) is 6.07 Å². The van der Waals surface area contributed by atoms with E-state index in [0.29, 0.717) is 18.9 Å². The normalized spacial score (nSPS) is 11.9. The Balaban J connectivity index is 2.10. The van der Waals surface area contributed by atoms with Crippen LogP contribution in [0.3, 0.4) is 0 Å². The lowest BCUT2D eigenvalue weighted by atomic mass is 10.1. The van der Waals surface area contributed by atoms with E-state index in [1.165, 1.54) is 0 Å². The number of sulfonamides is 1. The second-order valence-corrected chi connectivity index (χ2v) is 7.60. The number of hydrogen-bond donors (Lipinski definition) is 2. The summed E-state index contributed by atoms with van der Waals surface area (Å²) < 4.78 is 63.6. The number of aryl methyl sites for hydroxylation is 1. The van der Waals surface area contributed by atoms with E-state index in [2.05, 4.69) is 15.0 Å². The SMILES string of the molecule is CS(=O)(=O)Nc1ccc(C(F)(F)F)cc1NC(=O)CCCc1ccccn1. The lowest BCUT2D eigenvalue weighted by molar-refractivity contribution is -0.137. The number of nitrogens with one attached hydrogen (secondary N) is 2. The van der Waals surface area contributed by atoms with Crippen molar-refractivity contribution in [3.8, 4) is 0 Å². The van der Waals surface area contributed by atoms with Gasteiger partial charge in [0.2, 0.25) is 15.9 Å². The zero-order chi connectivity index (χ0) is 20.1. The van der Waals surface area contributed by atoms with Crippen LogP contribution in [-0.2, 0) is 27.4 Å². The molecule has 0 atom stereocenters. The smallest absolute Gasteiger partial charge is 0.324 e. The van der Waals surface area contributed by atoms with Gasteiger partial charge in [0.05, 0.1) is 23.2 Å². The highest BCUT2D eigenvalue weighted by Gasteiger charge is 2.31. The van der Waals surface area contributed by atoms with Crippen LogP contribution in [0.4, 0.5) is 24.5 Å². The van der Waals surface area contributed by atoms with Gasteiger partial charge in [0, 0.05) is 18.3 Å². The zero-order valence-electron chi connectivity index (χ0n) is 14.4. The Hall–Kier alpha value is -2.62. The number of pyridine rings is 1. The van der Waals surface area contributed by atoms with Gasteiger partial charge in [0.25, 0.3) is 0 Å².